The highest BCUT2D eigenvalue weighted by molar-refractivity contribution is 5.54. The van der Waals surface area contributed by atoms with Crippen LogP contribution in [-0.2, 0) is 6.42 Å². The van der Waals surface area contributed by atoms with Crippen LogP contribution < -0.4 is 5.73 Å². The molecule has 0 atom stereocenters. The minimum Gasteiger partial charge on any atom is -0.330 e. The highest BCUT2D eigenvalue weighted by atomic mass is 15.2. The molecule has 0 saturated heterocycles. The molecule has 0 unspecified atom stereocenters. The topological polar surface area (TPSA) is 67.6 Å². The number of aromatic nitrogens is 3. The normalized spacial score (nSPS) is 10.6. The van der Waals surface area contributed by atoms with Gasteiger partial charge in [0.05, 0.1) is 0 Å². The molecule has 2 rings (SSSR count). The summed E-state index contributed by atoms with van der Waals surface area (Å²) in [5.41, 5.74) is 7.73. The van der Waals surface area contributed by atoms with E-state index in [2.05, 4.69) is 34.2 Å². The van der Waals surface area contributed by atoms with E-state index in [1.165, 1.54) is 5.56 Å². The van der Waals surface area contributed by atoms with Crippen molar-refractivity contribution >= 4 is 0 Å². The van der Waals surface area contributed by atoms with Crippen molar-refractivity contribution in [2.24, 2.45) is 5.73 Å². The summed E-state index contributed by atoms with van der Waals surface area (Å²) in [6, 6.07) is 8.19. The van der Waals surface area contributed by atoms with Crippen molar-refractivity contribution in [3.05, 3.63) is 35.7 Å². The first-order valence-electron chi connectivity index (χ1n) is 5.48. The van der Waals surface area contributed by atoms with E-state index in [-0.39, 0.29) is 0 Å². The SMILES string of the molecule is Cc1ccc(-c2n[nH]c(CCCN)n2)cc1. The monoisotopic (exact) mass is 216 g/mol. The number of H-pyrrole nitrogens is 1. The van der Waals surface area contributed by atoms with Crippen LogP contribution in [0.2, 0.25) is 0 Å². The van der Waals surface area contributed by atoms with Gasteiger partial charge in [0.2, 0.25) is 0 Å². The van der Waals surface area contributed by atoms with Crippen LogP contribution in [-0.4, -0.2) is 21.7 Å². The van der Waals surface area contributed by atoms with E-state index >= 15 is 0 Å². The van der Waals surface area contributed by atoms with Crippen molar-refractivity contribution in [3.8, 4) is 11.4 Å². The van der Waals surface area contributed by atoms with Gasteiger partial charge in [-0.1, -0.05) is 29.8 Å². The summed E-state index contributed by atoms with van der Waals surface area (Å²) in [6.07, 6.45) is 1.79. The molecule has 0 amide bonds. The summed E-state index contributed by atoms with van der Waals surface area (Å²) in [7, 11) is 0. The lowest BCUT2D eigenvalue weighted by Crippen LogP contribution is -2.01. The fourth-order valence-corrected chi connectivity index (χ4v) is 1.51. The Labute approximate surface area is 94.9 Å². The number of aromatic amines is 1. The summed E-state index contributed by atoms with van der Waals surface area (Å²) in [4.78, 5) is 4.43. The smallest absolute Gasteiger partial charge is 0.181 e. The maximum atomic E-state index is 5.45. The third-order valence-electron chi connectivity index (χ3n) is 2.46. The molecule has 1 aromatic carbocycles. The molecule has 0 aliphatic carbocycles. The zero-order chi connectivity index (χ0) is 11.4. The number of nitrogens with zero attached hydrogens (tertiary/aromatic N) is 2. The standard InChI is InChI=1S/C12H16N4/c1-9-4-6-10(7-5-9)12-14-11(15-16-12)3-2-8-13/h4-7H,2-3,8,13H2,1H3,(H,14,15,16). The van der Waals surface area contributed by atoms with E-state index in [1.807, 2.05) is 12.1 Å². The molecule has 0 aliphatic heterocycles. The maximum Gasteiger partial charge on any atom is 0.181 e. The molecule has 3 N–H and O–H groups in total. The second-order valence-electron chi connectivity index (χ2n) is 3.86. The molecule has 4 heteroatoms. The zero-order valence-electron chi connectivity index (χ0n) is 9.40. The Kier molecular flexibility index (Phi) is 3.31. The van der Waals surface area contributed by atoms with Gasteiger partial charge in [0, 0.05) is 12.0 Å². The number of aryl methyl sites for hydroxylation is 2. The second-order valence-corrected chi connectivity index (χ2v) is 3.86. The fraction of sp³-hybridized carbons (Fsp3) is 0.333. The molecule has 0 spiro atoms. The van der Waals surface area contributed by atoms with E-state index in [4.69, 9.17) is 5.73 Å². The van der Waals surface area contributed by atoms with E-state index in [0.717, 1.165) is 30.1 Å². The first kappa shape index (κ1) is 10.8. The lowest BCUT2D eigenvalue weighted by atomic mass is 10.1. The van der Waals surface area contributed by atoms with Gasteiger partial charge in [-0.25, -0.2) is 4.98 Å². The number of rotatable bonds is 4. The van der Waals surface area contributed by atoms with Gasteiger partial charge < -0.3 is 5.73 Å². The van der Waals surface area contributed by atoms with Crippen LogP contribution in [0.25, 0.3) is 11.4 Å². The molecule has 2 aromatic rings. The van der Waals surface area contributed by atoms with Crippen LogP contribution in [0.4, 0.5) is 0 Å². The van der Waals surface area contributed by atoms with Gasteiger partial charge in [0.25, 0.3) is 0 Å². The molecular weight excluding hydrogens is 200 g/mol. The van der Waals surface area contributed by atoms with Crippen molar-refractivity contribution in [1.82, 2.24) is 15.2 Å². The molecule has 1 heterocycles. The third kappa shape index (κ3) is 2.46. The fourth-order valence-electron chi connectivity index (χ4n) is 1.51. The van der Waals surface area contributed by atoms with Crippen molar-refractivity contribution < 1.29 is 0 Å². The molecule has 0 radical (unpaired) electrons. The number of hydrogen-bond donors (Lipinski definition) is 2. The van der Waals surface area contributed by atoms with Gasteiger partial charge in [-0.2, -0.15) is 5.10 Å². The molecule has 1 aromatic heterocycles. The van der Waals surface area contributed by atoms with Gasteiger partial charge >= 0.3 is 0 Å². The Balaban J connectivity index is 2.15. The molecular formula is C12H16N4. The first-order valence-corrected chi connectivity index (χ1v) is 5.48. The van der Waals surface area contributed by atoms with Crippen molar-refractivity contribution in [3.63, 3.8) is 0 Å². The minimum absolute atomic E-state index is 0.681. The van der Waals surface area contributed by atoms with E-state index in [9.17, 15) is 0 Å². The maximum absolute atomic E-state index is 5.45. The number of nitrogens with one attached hydrogen (secondary N) is 1. The predicted molar refractivity (Wildman–Crippen MR) is 63.9 cm³/mol. The van der Waals surface area contributed by atoms with Gasteiger partial charge in [-0.3, -0.25) is 5.10 Å². The molecule has 0 saturated carbocycles. The van der Waals surface area contributed by atoms with Gasteiger partial charge in [-0.05, 0) is 19.9 Å². The number of nitrogens with two attached hydrogens (primary N) is 1. The van der Waals surface area contributed by atoms with E-state index in [1.54, 1.807) is 0 Å². The van der Waals surface area contributed by atoms with E-state index in [0.29, 0.717) is 6.54 Å². The Hall–Kier alpha value is -1.68. The Morgan fingerprint density at radius 3 is 2.69 bits per heavy atom. The Bertz CT molecular complexity index is 444. The molecule has 0 fully saturated rings. The quantitative estimate of drug-likeness (QED) is 0.817. The summed E-state index contributed by atoms with van der Waals surface area (Å²) in [5.74, 6) is 1.66. The highest BCUT2D eigenvalue weighted by Crippen LogP contribution is 2.15. The predicted octanol–water partition coefficient (Wildman–Crippen LogP) is 1.67. The molecule has 84 valence electrons. The summed E-state index contributed by atoms with van der Waals surface area (Å²) in [6.45, 7) is 2.75. The first-order chi connectivity index (χ1) is 7.79. The van der Waals surface area contributed by atoms with Crippen LogP contribution in [0.3, 0.4) is 0 Å². The molecule has 16 heavy (non-hydrogen) atoms. The van der Waals surface area contributed by atoms with Crippen molar-refractivity contribution in [2.75, 3.05) is 6.54 Å². The third-order valence-corrected chi connectivity index (χ3v) is 2.46. The second kappa shape index (κ2) is 4.90. The summed E-state index contributed by atoms with van der Waals surface area (Å²) in [5, 5.41) is 7.13. The molecule has 4 nitrogen and oxygen atoms in total. The zero-order valence-corrected chi connectivity index (χ0v) is 9.40. The van der Waals surface area contributed by atoms with Crippen molar-refractivity contribution in [1.29, 1.82) is 0 Å². The average molecular weight is 216 g/mol. The van der Waals surface area contributed by atoms with Crippen LogP contribution in [0.15, 0.2) is 24.3 Å². The van der Waals surface area contributed by atoms with Gasteiger partial charge in [0.15, 0.2) is 5.82 Å². The van der Waals surface area contributed by atoms with Crippen LogP contribution in [0.5, 0.6) is 0 Å². The van der Waals surface area contributed by atoms with Crippen LogP contribution in [0, 0.1) is 6.92 Å². The lowest BCUT2D eigenvalue weighted by molar-refractivity contribution is 0.785. The van der Waals surface area contributed by atoms with Gasteiger partial charge in [0.1, 0.15) is 5.82 Å². The van der Waals surface area contributed by atoms with Crippen molar-refractivity contribution in [2.45, 2.75) is 19.8 Å². The lowest BCUT2D eigenvalue weighted by Gasteiger charge is -1.95. The number of hydrogen-bond acceptors (Lipinski definition) is 3. The summed E-state index contributed by atoms with van der Waals surface area (Å²) < 4.78 is 0. The van der Waals surface area contributed by atoms with Crippen LogP contribution in [0.1, 0.15) is 17.8 Å². The van der Waals surface area contributed by atoms with Crippen LogP contribution >= 0.6 is 0 Å². The summed E-state index contributed by atoms with van der Waals surface area (Å²) >= 11 is 0. The molecule has 0 bridgehead atoms. The molecule has 0 aliphatic rings. The number of benzene rings is 1. The largest absolute Gasteiger partial charge is 0.330 e. The Morgan fingerprint density at radius 2 is 2.00 bits per heavy atom. The average Bonchev–Trinajstić information content (AvgIpc) is 2.76. The Morgan fingerprint density at radius 1 is 1.25 bits per heavy atom. The minimum atomic E-state index is 0.681. The van der Waals surface area contributed by atoms with Gasteiger partial charge in [-0.15, -0.1) is 0 Å². The highest BCUT2D eigenvalue weighted by Gasteiger charge is 2.04. The van der Waals surface area contributed by atoms with E-state index < -0.39 is 0 Å².